The first kappa shape index (κ1) is 20.1. The van der Waals surface area contributed by atoms with Gasteiger partial charge < -0.3 is 5.11 Å². The number of hydrogen-bond acceptors (Lipinski definition) is 4. The number of halogens is 4. The van der Waals surface area contributed by atoms with Gasteiger partial charge in [-0.2, -0.15) is 0 Å². The predicted octanol–water partition coefficient (Wildman–Crippen LogP) is 5.86. The number of benzene rings is 2. The van der Waals surface area contributed by atoms with Crippen molar-refractivity contribution in [1.29, 1.82) is 0 Å². The SMILES string of the molecule is O=C(O)C[C@H]1S[C@H](c2ccccc2Cl)c2cc(Cl)ccc2-n2c(C(F)F)nnc21. The number of hydrogen-bond donors (Lipinski definition) is 1. The summed E-state index contributed by atoms with van der Waals surface area (Å²) in [5, 5.41) is 16.7. The lowest BCUT2D eigenvalue weighted by Crippen LogP contribution is -2.10. The molecule has 1 aliphatic heterocycles. The van der Waals surface area contributed by atoms with E-state index in [1.165, 1.54) is 16.3 Å². The second-order valence-electron chi connectivity index (χ2n) is 6.38. The van der Waals surface area contributed by atoms with E-state index in [-0.39, 0.29) is 12.2 Å². The Morgan fingerprint density at radius 3 is 2.62 bits per heavy atom. The standard InChI is InChI=1S/C19H13Cl2F2N3O2S/c20-9-5-6-13-11(7-9)16(10-3-1-2-4-12(10)21)29-14(8-15(27)28)18-24-25-19(17(22)23)26(13)18/h1-7,14,16-17H,8H2,(H,27,28)/t14-,16-/m1/s1. The topological polar surface area (TPSA) is 68.0 Å². The Kier molecular flexibility index (Phi) is 5.50. The summed E-state index contributed by atoms with van der Waals surface area (Å²) < 4.78 is 28.6. The van der Waals surface area contributed by atoms with Crippen molar-refractivity contribution in [3.63, 3.8) is 0 Å². The largest absolute Gasteiger partial charge is 0.481 e. The van der Waals surface area contributed by atoms with Crippen molar-refractivity contribution >= 4 is 40.9 Å². The molecule has 5 nitrogen and oxygen atoms in total. The fraction of sp³-hybridized carbons (Fsp3) is 0.211. The Labute approximate surface area is 178 Å². The van der Waals surface area contributed by atoms with Gasteiger partial charge in [-0.3, -0.25) is 9.36 Å². The molecule has 150 valence electrons. The summed E-state index contributed by atoms with van der Waals surface area (Å²) in [5.41, 5.74) is 1.79. The number of carboxylic acid groups (broad SMARTS) is 1. The summed E-state index contributed by atoms with van der Waals surface area (Å²) in [5.74, 6) is -1.46. The van der Waals surface area contributed by atoms with Crippen LogP contribution in [0.3, 0.4) is 0 Å². The highest BCUT2D eigenvalue weighted by molar-refractivity contribution is 8.00. The third kappa shape index (κ3) is 3.72. The minimum Gasteiger partial charge on any atom is -0.481 e. The number of aromatic nitrogens is 3. The smallest absolute Gasteiger partial charge is 0.304 e. The van der Waals surface area contributed by atoms with Gasteiger partial charge in [0.2, 0.25) is 5.82 Å². The molecule has 4 rings (SSSR count). The average Bonchev–Trinajstić information content (AvgIpc) is 3.06. The molecule has 0 spiro atoms. The van der Waals surface area contributed by atoms with Crippen LogP contribution < -0.4 is 0 Å². The molecule has 0 radical (unpaired) electrons. The van der Waals surface area contributed by atoms with Crippen LogP contribution in [-0.4, -0.2) is 25.8 Å². The zero-order valence-corrected chi connectivity index (χ0v) is 16.9. The van der Waals surface area contributed by atoms with Crippen LogP contribution in [0.25, 0.3) is 5.69 Å². The molecule has 1 N–H and O–H groups in total. The van der Waals surface area contributed by atoms with E-state index >= 15 is 0 Å². The second-order valence-corrected chi connectivity index (χ2v) is 8.54. The molecule has 29 heavy (non-hydrogen) atoms. The highest BCUT2D eigenvalue weighted by Gasteiger charge is 2.36. The van der Waals surface area contributed by atoms with Crippen LogP contribution in [0.15, 0.2) is 42.5 Å². The van der Waals surface area contributed by atoms with Crippen molar-refractivity contribution in [2.24, 2.45) is 0 Å². The van der Waals surface area contributed by atoms with E-state index in [1.807, 2.05) is 12.1 Å². The number of rotatable bonds is 4. The van der Waals surface area contributed by atoms with Gasteiger partial charge in [-0.1, -0.05) is 41.4 Å². The minimum absolute atomic E-state index is 0.158. The lowest BCUT2D eigenvalue weighted by Gasteiger charge is -2.21. The summed E-state index contributed by atoms with van der Waals surface area (Å²) in [6, 6.07) is 12.0. The quantitative estimate of drug-likeness (QED) is 0.533. The summed E-state index contributed by atoms with van der Waals surface area (Å²) in [6.45, 7) is 0. The molecule has 1 aliphatic rings. The van der Waals surface area contributed by atoms with Crippen molar-refractivity contribution in [2.45, 2.75) is 23.3 Å². The summed E-state index contributed by atoms with van der Waals surface area (Å²) in [4.78, 5) is 11.5. The number of alkyl halides is 2. The third-order valence-electron chi connectivity index (χ3n) is 4.56. The normalized spacial score (nSPS) is 18.2. The van der Waals surface area contributed by atoms with Crippen LogP contribution in [-0.2, 0) is 4.79 Å². The van der Waals surface area contributed by atoms with Crippen LogP contribution in [0, 0.1) is 0 Å². The molecule has 0 saturated heterocycles. The Hall–Kier alpha value is -2.16. The fourth-order valence-corrected chi connectivity index (χ4v) is 5.39. The van der Waals surface area contributed by atoms with Gasteiger partial charge in [-0.05, 0) is 35.4 Å². The lowest BCUT2D eigenvalue weighted by molar-refractivity contribution is -0.137. The molecular formula is C19H13Cl2F2N3O2S. The molecule has 0 unspecified atom stereocenters. The summed E-state index contributed by atoms with van der Waals surface area (Å²) >= 11 is 13.9. The molecule has 0 amide bonds. The Balaban J connectivity index is 2.01. The van der Waals surface area contributed by atoms with Crippen molar-refractivity contribution in [2.75, 3.05) is 0 Å². The maximum absolute atomic E-state index is 13.7. The van der Waals surface area contributed by atoms with Gasteiger partial charge in [0.1, 0.15) is 0 Å². The maximum atomic E-state index is 13.7. The zero-order valence-electron chi connectivity index (χ0n) is 14.6. The average molecular weight is 456 g/mol. The Morgan fingerprint density at radius 1 is 1.17 bits per heavy atom. The van der Waals surface area contributed by atoms with Gasteiger partial charge >= 0.3 is 5.97 Å². The van der Waals surface area contributed by atoms with Gasteiger partial charge in [0.25, 0.3) is 6.43 Å². The number of thioether (sulfide) groups is 1. The van der Waals surface area contributed by atoms with Gasteiger partial charge in [0, 0.05) is 10.0 Å². The van der Waals surface area contributed by atoms with Gasteiger partial charge in [0.15, 0.2) is 5.82 Å². The monoisotopic (exact) mass is 455 g/mol. The van der Waals surface area contributed by atoms with Crippen molar-refractivity contribution in [3.8, 4) is 5.69 Å². The van der Waals surface area contributed by atoms with Crippen molar-refractivity contribution < 1.29 is 18.7 Å². The third-order valence-corrected chi connectivity index (χ3v) is 6.62. The molecule has 3 aromatic rings. The molecule has 2 atom stereocenters. The van der Waals surface area contributed by atoms with Gasteiger partial charge in [-0.25, -0.2) is 8.78 Å². The van der Waals surface area contributed by atoms with E-state index in [2.05, 4.69) is 10.2 Å². The van der Waals surface area contributed by atoms with Crippen LogP contribution in [0.1, 0.15) is 46.1 Å². The van der Waals surface area contributed by atoms with Crippen molar-refractivity contribution in [1.82, 2.24) is 14.8 Å². The molecule has 10 heteroatoms. The first-order valence-corrected chi connectivity index (χ1v) is 10.2. The van der Waals surface area contributed by atoms with Crippen LogP contribution in [0.2, 0.25) is 10.0 Å². The number of carboxylic acids is 1. The summed E-state index contributed by atoms with van der Waals surface area (Å²) in [6.07, 6.45) is -3.19. The first-order valence-electron chi connectivity index (χ1n) is 8.51. The molecular weight excluding hydrogens is 443 g/mol. The molecule has 0 aliphatic carbocycles. The number of fused-ring (bicyclic) bond motifs is 3. The van der Waals surface area contributed by atoms with Crippen LogP contribution in [0.5, 0.6) is 0 Å². The van der Waals surface area contributed by atoms with E-state index in [4.69, 9.17) is 23.2 Å². The van der Waals surface area contributed by atoms with Crippen LogP contribution >= 0.6 is 35.0 Å². The van der Waals surface area contributed by atoms with E-state index in [1.54, 1.807) is 30.3 Å². The molecule has 0 saturated carbocycles. The molecule has 2 heterocycles. The second kappa shape index (κ2) is 7.93. The maximum Gasteiger partial charge on any atom is 0.304 e. The zero-order chi connectivity index (χ0) is 20.7. The highest BCUT2D eigenvalue weighted by Crippen LogP contribution is 2.52. The predicted molar refractivity (Wildman–Crippen MR) is 107 cm³/mol. The molecule has 2 aromatic carbocycles. The number of carbonyl (C=O) groups is 1. The Morgan fingerprint density at radius 2 is 1.93 bits per heavy atom. The van der Waals surface area contributed by atoms with E-state index in [0.29, 0.717) is 21.3 Å². The fourth-order valence-electron chi connectivity index (χ4n) is 3.37. The van der Waals surface area contributed by atoms with E-state index in [9.17, 15) is 18.7 Å². The van der Waals surface area contributed by atoms with Gasteiger partial charge in [-0.15, -0.1) is 22.0 Å². The van der Waals surface area contributed by atoms with E-state index in [0.717, 1.165) is 5.56 Å². The molecule has 0 bridgehead atoms. The van der Waals surface area contributed by atoms with Crippen molar-refractivity contribution in [3.05, 3.63) is 75.3 Å². The summed E-state index contributed by atoms with van der Waals surface area (Å²) in [7, 11) is 0. The number of aliphatic carboxylic acids is 1. The first-order chi connectivity index (χ1) is 13.9. The van der Waals surface area contributed by atoms with Crippen LogP contribution in [0.4, 0.5) is 8.78 Å². The molecule has 0 fully saturated rings. The molecule has 1 aromatic heterocycles. The van der Waals surface area contributed by atoms with E-state index < -0.39 is 28.7 Å². The number of nitrogens with zero attached hydrogens (tertiary/aromatic N) is 3. The Bertz CT molecular complexity index is 1090. The van der Waals surface area contributed by atoms with Gasteiger partial charge in [0.05, 0.1) is 22.6 Å². The lowest BCUT2D eigenvalue weighted by atomic mass is 10.0. The highest BCUT2D eigenvalue weighted by atomic mass is 35.5. The minimum atomic E-state index is -2.88.